The number of anilines is 1. The van der Waals surface area contributed by atoms with E-state index < -0.39 is 0 Å². The van der Waals surface area contributed by atoms with Crippen LogP contribution in [0.5, 0.6) is 5.75 Å². The summed E-state index contributed by atoms with van der Waals surface area (Å²) >= 11 is 0. The number of aryl methyl sites for hydroxylation is 1. The Labute approximate surface area is 166 Å². The van der Waals surface area contributed by atoms with E-state index in [2.05, 4.69) is 5.32 Å². The molecular weight excluding hydrogens is 352 g/mol. The minimum atomic E-state index is -0.0758. The number of nitrogens with zero attached hydrogens (tertiary/aromatic N) is 1. The fourth-order valence-corrected chi connectivity index (χ4v) is 3.44. The lowest BCUT2D eigenvalue weighted by Crippen LogP contribution is -2.41. The largest absolute Gasteiger partial charge is 0.491 e. The molecule has 0 unspecified atom stereocenters. The van der Waals surface area contributed by atoms with Gasteiger partial charge in [-0.15, -0.1) is 0 Å². The molecule has 3 rings (SSSR count). The summed E-state index contributed by atoms with van der Waals surface area (Å²) in [6.45, 7) is 7.14. The van der Waals surface area contributed by atoms with Crippen molar-refractivity contribution in [3.8, 4) is 5.75 Å². The van der Waals surface area contributed by atoms with Gasteiger partial charge in [0.05, 0.1) is 6.10 Å². The molecule has 2 amide bonds. The highest BCUT2D eigenvalue weighted by atomic mass is 16.5. The highest BCUT2D eigenvalue weighted by Gasteiger charge is 2.27. The summed E-state index contributed by atoms with van der Waals surface area (Å²) in [4.78, 5) is 27.1. The van der Waals surface area contributed by atoms with E-state index in [1.807, 2.05) is 74.2 Å². The van der Waals surface area contributed by atoms with Gasteiger partial charge in [0.1, 0.15) is 5.75 Å². The summed E-state index contributed by atoms with van der Waals surface area (Å²) < 4.78 is 5.62. The van der Waals surface area contributed by atoms with Crippen LogP contribution in [0.3, 0.4) is 0 Å². The van der Waals surface area contributed by atoms with E-state index in [1.54, 1.807) is 0 Å². The number of amides is 2. The smallest absolute Gasteiger partial charge is 0.253 e. The molecule has 0 atom stereocenters. The summed E-state index contributed by atoms with van der Waals surface area (Å²) in [6, 6.07) is 15.1. The lowest BCUT2D eigenvalue weighted by molar-refractivity contribution is -0.121. The monoisotopic (exact) mass is 380 g/mol. The van der Waals surface area contributed by atoms with E-state index in [-0.39, 0.29) is 23.8 Å². The number of rotatable bonds is 5. The highest BCUT2D eigenvalue weighted by Crippen LogP contribution is 2.22. The van der Waals surface area contributed by atoms with Gasteiger partial charge in [-0.25, -0.2) is 0 Å². The summed E-state index contributed by atoms with van der Waals surface area (Å²) in [6.07, 6.45) is 1.48. The average Bonchev–Trinajstić information content (AvgIpc) is 2.68. The Hall–Kier alpha value is -2.82. The zero-order valence-corrected chi connectivity index (χ0v) is 16.8. The fourth-order valence-electron chi connectivity index (χ4n) is 3.44. The standard InChI is InChI=1S/C23H28N2O3/c1-16(2)28-21-9-7-20(8-10-21)24-22(26)18-11-13-25(14-12-18)23(27)19-6-4-5-17(3)15-19/h4-10,15-16,18H,11-14H2,1-3H3,(H,24,26). The fraction of sp³-hybridized carbons (Fsp3) is 0.391. The molecule has 1 saturated heterocycles. The Bertz CT molecular complexity index is 822. The maximum atomic E-state index is 12.6. The molecular formula is C23H28N2O3. The molecule has 0 bridgehead atoms. The summed E-state index contributed by atoms with van der Waals surface area (Å²) in [5.74, 6) is 0.771. The van der Waals surface area contributed by atoms with Crippen LogP contribution in [0.2, 0.25) is 0 Å². The molecule has 0 saturated carbocycles. The molecule has 0 spiro atoms. The Morgan fingerprint density at radius 1 is 1.07 bits per heavy atom. The van der Waals surface area contributed by atoms with Crippen LogP contribution in [0.25, 0.3) is 0 Å². The number of nitrogens with one attached hydrogen (secondary N) is 1. The molecule has 1 aliphatic rings. The molecule has 5 heteroatoms. The lowest BCUT2D eigenvalue weighted by atomic mass is 9.95. The number of piperidine rings is 1. The zero-order valence-electron chi connectivity index (χ0n) is 16.8. The third-order valence-corrected chi connectivity index (χ3v) is 4.91. The van der Waals surface area contributed by atoms with Crippen molar-refractivity contribution in [2.75, 3.05) is 18.4 Å². The van der Waals surface area contributed by atoms with Gasteiger partial charge in [0.2, 0.25) is 5.91 Å². The van der Waals surface area contributed by atoms with E-state index in [9.17, 15) is 9.59 Å². The number of carbonyl (C=O) groups is 2. The minimum Gasteiger partial charge on any atom is -0.491 e. The van der Waals surface area contributed by atoms with Crippen molar-refractivity contribution in [1.82, 2.24) is 4.90 Å². The van der Waals surface area contributed by atoms with Crippen LogP contribution in [0.1, 0.15) is 42.6 Å². The number of likely N-dealkylation sites (tertiary alicyclic amines) is 1. The van der Waals surface area contributed by atoms with E-state index in [0.717, 1.165) is 17.0 Å². The van der Waals surface area contributed by atoms with Crippen LogP contribution in [-0.2, 0) is 4.79 Å². The van der Waals surface area contributed by atoms with Crippen LogP contribution >= 0.6 is 0 Å². The van der Waals surface area contributed by atoms with Crippen LogP contribution in [0.15, 0.2) is 48.5 Å². The number of hydrogen-bond donors (Lipinski definition) is 1. The van der Waals surface area contributed by atoms with Crippen LogP contribution in [0.4, 0.5) is 5.69 Å². The first-order valence-electron chi connectivity index (χ1n) is 9.86. The van der Waals surface area contributed by atoms with Crippen molar-refractivity contribution in [2.45, 2.75) is 39.7 Å². The predicted octanol–water partition coefficient (Wildman–Crippen LogP) is 4.27. The molecule has 28 heavy (non-hydrogen) atoms. The molecule has 0 aromatic heterocycles. The molecule has 148 valence electrons. The first-order valence-corrected chi connectivity index (χ1v) is 9.86. The molecule has 0 radical (unpaired) electrons. The second-order valence-electron chi connectivity index (χ2n) is 7.62. The Morgan fingerprint density at radius 3 is 2.36 bits per heavy atom. The number of benzene rings is 2. The molecule has 1 heterocycles. The van der Waals surface area contributed by atoms with Crippen LogP contribution < -0.4 is 10.1 Å². The third kappa shape index (κ3) is 5.12. The van der Waals surface area contributed by atoms with Crippen molar-refractivity contribution in [3.63, 3.8) is 0 Å². The van der Waals surface area contributed by atoms with Gasteiger partial charge in [-0.3, -0.25) is 9.59 Å². The quantitative estimate of drug-likeness (QED) is 0.843. The van der Waals surface area contributed by atoms with Gasteiger partial charge in [-0.2, -0.15) is 0 Å². The molecule has 1 aliphatic heterocycles. The van der Waals surface area contributed by atoms with E-state index in [4.69, 9.17) is 4.74 Å². The maximum absolute atomic E-state index is 12.6. The van der Waals surface area contributed by atoms with Gasteiger partial charge >= 0.3 is 0 Å². The molecule has 2 aromatic carbocycles. The van der Waals surface area contributed by atoms with E-state index >= 15 is 0 Å². The van der Waals surface area contributed by atoms with Gasteiger partial charge < -0.3 is 15.0 Å². The summed E-state index contributed by atoms with van der Waals surface area (Å²) in [5.41, 5.74) is 2.55. The molecule has 1 fully saturated rings. The first-order chi connectivity index (χ1) is 13.4. The summed E-state index contributed by atoms with van der Waals surface area (Å²) in [7, 11) is 0. The van der Waals surface area contributed by atoms with Crippen LogP contribution in [0, 0.1) is 12.8 Å². The van der Waals surface area contributed by atoms with Gasteiger partial charge in [0.25, 0.3) is 5.91 Å². The van der Waals surface area contributed by atoms with Gasteiger partial charge in [-0.1, -0.05) is 17.7 Å². The van der Waals surface area contributed by atoms with E-state index in [0.29, 0.717) is 31.5 Å². The normalized spacial score (nSPS) is 14.8. The van der Waals surface area contributed by atoms with Crippen molar-refractivity contribution in [3.05, 3.63) is 59.7 Å². The van der Waals surface area contributed by atoms with Crippen LogP contribution in [-0.4, -0.2) is 35.9 Å². The number of ether oxygens (including phenoxy) is 1. The second-order valence-corrected chi connectivity index (χ2v) is 7.62. The van der Waals surface area contributed by atoms with Crippen molar-refractivity contribution in [1.29, 1.82) is 0 Å². The Kier molecular flexibility index (Phi) is 6.34. The lowest BCUT2D eigenvalue weighted by Gasteiger charge is -2.31. The second kappa shape index (κ2) is 8.91. The third-order valence-electron chi connectivity index (χ3n) is 4.91. The SMILES string of the molecule is Cc1cccc(C(=O)N2CCC(C(=O)Nc3ccc(OC(C)C)cc3)CC2)c1. The molecule has 5 nitrogen and oxygen atoms in total. The average molecular weight is 380 g/mol. The molecule has 0 aliphatic carbocycles. The highest BCUT2D eigenvalue weighted by molar-refractivity contribution is 5.95. The van der Waals surface area contributed by atoms with Crippen molar-refractivity contribution < 1.29 is 14.3 Å². The van der Waals surface area contributed by atoms with Crippen molar-refractivity contribution >= 4 is 17.5 Å². The van der Waals surface area contributed by atoms with E-state index in [1.165, 1.54) is 0 Å². The zero-order chi connectivity index (χ0) is 20.1. The van der Waals surface area contributed by atoms with Crippen molar-refractivity contribution in [2.24, 2.45) is 5.92 Å². The Balaban J connectivity index is 1.51. The van der Waals surface area contributed by atoms with Gasteiger partial charge in [0, 0.05) is 30.3 Å². The molecule has 2 aromatic rings. The maximum Gasteiger partial charge on any atom is 0.253 e. The first kappa shape index (κ1) is 19.9. The number of carbonyl (C=O) groups excluding carboxylic acids is 2. The van der Waals surface area contributed by atoms with Gasteiger partial charge in [0.15, 0.2) is 0 Å². The Morgan fingerprint density at radius 2 is 1.75 bits per heavy atom. The minimum absolute atomic E-state index is 0.0141. The number of hydrogen-bond acceptors (Lipinski definition) is 3. The molecule has 1 N–H and O–H groups in total. The summed E-state index contributed by atoms with van der Waals surface area (Å²) in [5, 5.41) is 2.98. The van der Waals surface area contributed by atoms with Gasteiger partial charge in [-0.05, 0) is 70.0 Å². The topological polar surface area (TPSA) is 58.6 Å². The predicted molar refractivity (Wildman–Crippen MR) is 111 cm³/mol.